The minimum Gasteiger partial charge on any atom is -0.497 e. The standard InChI is InChI=1S/C17H17Cl2FO/c1-21-15-7-5-12(6-8-15)9-13(11-18)10-14-3-2-4-16(20)17(14)19/h2-8,13H,9-11H2,1H3. The van der Waals surface area contributed by atoms with Crippen LogP contribution in [0.25, 0.3) is 0 Å². The van der Waals surface area contributed by atoms with Crippen molar-refractivity contribution >= 4 is 23.2 Å². The van der Waals surface area contributed by atoms with Gasteiger partial charge in [-0.2, -0.15) is 0 Å². The van der Waals surface area contributed by atoms with Crippen molar-refractivity contribution in [3.63, 3.8) is 0 Å². The fraction of sp³-hybridized carbons (Fsp3) is 0.294. The number of hydrogen-bond donors (Lipinski definition) is 0. The normalized spacial score (nSPS) is 12.2. The number of alkyl halides is 1. The van der Waals surface area contributed by atoms with Gasteiger partial charge in [0.2, 0.25) is 0 Å². The zero-order valence-corrected chi connectivity index (χ0v) is 13.3. The van der Waals surface area contributed by atoms with Crippen molar-refractivity contribution in [2.24, 2.45) is 5.92 Å². The van der Waals surface area contributed by atoms with Crippen LogP contribution in [0.15, 0.2) is 42.5 Å². The second kappa shape index (κ2) is 7.67. The fourth-order valence-corrected chi connectivity index (χ4v) is 2.71. The maximum Gasteiger partial charge on any atom is 0.142 e. The molecule has 0 aromatic heterocycles. The highest BCUT2D eigenvalue weighted by Crippen LogP contribution is 2.25. The summed E-state index contributed by atoms with van der Waals surface area (Å²) in [5.74, 6) is 1.15. The van der Waals surface area contributed by atoms with Gasteiger partial charge in [-0.05, 0) is 48.1 Å². The molecule has 112 valence electrons. The zero-order chi connectivity index (χ0) is 15.2. The van der Waals surface area contributed by atoms with E-state index in [1.165, 1.54) is 11.6 Å². The molecule has 2 aromatic carbocycles. The van der Waals surface area contributed by atoms with Gasteiger partial charge in [-0.25, -0.2) is 4.39 Å². The SMILES string of the molecule is COc1ccc(CC(CCl)Cc2cccc(F)c2Cl)cc1. The topological polar surface area (TPSA) is 9.23 Å². The van der Waals surface area contributed by atoms with Crippen LogP contribution >= 0.6 is 23.2 Å². The molecule has 0 amide bonds. The quantitative estimate of drug-likeness (QED) is 0.669. The summed E-state index contributed by atoms with van der Waals surface area (Å²) in [5, 5.41) is 0.197. The van der Waals surface area contributed by atoms with Crippen molar-refractivity contribution in [1.82, 2.24) is 0 Å². The van der Waals surface area contributed by atoms with E-state index in [-0.39, 0.29) is 16.8 Å². The third-order valence-corrected chi connectivity index (χ3v) is 4.30. The highest BCUT2D eigenvalue weighted by Gasteiger charge is 2.13. The van der Waals surface area contributed by atoms with Gasteiger partial charge in [0.05, 0.1) is 12.1 Å². The van der Waals surface area contributed by atoms with E-state index < -0.39 is 0 Å². The number of rotatable bonds is 6. The molecule has 4 heteroatoms. The van der Waals surface area contributed by atoms with Crippen molar-refractivity contribution in [3.8, 4) is 5.75 Å². The van der Waals surface area contributed by atoms with Crippen LogP contribution in [-0.4, -0.2) is 13.0 Å². The van der Waals surface area contributed by atoms with Crippen LogP contribution in [-0.2, 0) is 12.8 Å². The Kier molecular flexibility index (Phi) is 5.89. The highest BCUT2D eigenvalue weighted by atomic mass is 35.5. The Morgan fingerprint density at radius 1 is 1.10 bits per heavy atom. The summed E-state index contributed by atoms with van der Waals surface area (Å²) in [6.07, 6.45) is 1.48. The lowest BCUT2D eigenvalue weighted by Crippen LogP contribution is -2.11. The van der Waals surface area contributed by atoms with Crippen molar-refractivity contribution in [2.75, 3.05) is 13.0 Å². The van der Waals surface area contributed by atoms with Crippen molar-refractivity contribution in [2.45, 2.75) is 12.8 Å². The molecule has 2 aromatic rings. The van der Waals surface area contributed by atoms with Gasteiger partial charge in [-0.15, -0.1) is 11.6 Å². The molecule has 0 bridgehead atoms. The molecule has 1 nitrogen and oxygen atoms in total. The van der Waals surface area contributed by atoms with Crippen LogP contribution in [0.3, 0.4) is 0 Å². The molecule has 0 saturated heterocycles. The fourth-order valence-electron chi connectivity index (χ4n) is 2.29. The molecule has 0 fully saturated rings. The van der Waals surface area contributed by atoms with Crippen molar-refractivity contribution in [3.05, 3.63) is 64.4 Å². The Morgan fingerprint density at radius 3 is 2.43 bits per heavy atom. The van der Waals surface area contributed by atoms with Gasteiger partial charge in [0.25, 0.3) is 0 Å². The Bertz CT molecular complexity index is 584. The summed E-state index contributed by atoms with van der Waals surface area (Å²) in [4.78, 5) is 0. The summed E-state index contributed by atoms with van der Waals surface area (Å²) >= 11 is 12.1. The largest absolute Gasteiger partial charge is 0.497 e. The number of benzene rings is 2. The molecular weight excluding hydrogens is 310 g/mol. The van der Waals surface area contributed by atoms with Gasteiger partial charge in [0, 0.05) is 5.88 Å². The summed E-state index contributed by atoms with van der Waals surface area (Å²) in [7, 11) is 1.64. The maximum absolute atomic E-state index is 13.5. The molecule has 0 aliphatic heterocycles. The lowest BCUT2D eigenvalue weighted by Gasteiger charge is -2.15. The first kappa shape index (κ1) is 16.1. The van der Waals surface area contributed by atoms with Crippen molar-refractivity contribution in [1.29, 1.82) is 0 Å². The Balaban J connectivity index is 2.07. The first-order chi connectivity index (χ1) is 10.1. The van der Waals surface area contributed by atoms with Crippen LogP contribution in [0.1, 0.15) is 11.1 Å². The smallest absolute Gasteiger partial charge is 0.142 e. The molecule has 0 radical (unpaired) electrons. The molecular formula is C17H17Cl2FO. The maximum atomic E-state index is 13.5. The third kappa shape index (κ3) is 4.36. The molecule has 1 atom stereocenters. The van der Waals surface area contributed by atoms with E-state index >= 15 is 0 Å². The van der Waals surface area contributed by atoms with Crippen molar-refractivity contribution < 1.29 is 9.13 Å². The van der Waals surface area contributed by atoms with E-state index in [0.717, 1.165) is 17.7 Å². The minimum atomic E-state index is -0.382. The summed E-state index contributed by atoms with van der Waals surface area (Å²) in [6, 6.07) is 12.8. The predicted molar refractivity (Wildman–Crippen MR) is 86.0 cm³/mol. The van der Waals surface area contributed by atoms with E-state index in [2.05, 4.69) is 0 Å². The molecule has 0 aliphatic carbocycles. The van der Waals surface area contributed by atoms with Gasteiger partial charge in [-0.3, -0.25) is 0 Å². The molecule has 0 N–H and O–H groups in total. The number of methoxy groups -OCH3 is 1. The van der Waals surface area contributed by atoms with Crippen LogP contribution in [0, 0.1) is 11.7 Å². The molecule has 0 saturated carbocycles. The molecule has 21 heavy (non-hydrogen) atoms. The van der Waals surface area contributed by atoms with Crippen LogP contribution in [0.2, 0.25) is 5.02 Å². The van der Waals surface area contributed by atoms with E-state index in [9.17, 15) is 4.39 Å². The summed E-state index contributed by atoms with van der Waals surface area (Å²) in [6.45, 7) is 0. The van der Waals surface area contributed by atoms with Crippen LogP contribution in [0.5, 0.6) is 5.75 Å². The molecule has 2 rings (SSSR count). The zero-order valence-electron chi connectivity index (χ0n) is 11.8. The number of halogens is 3. The van der Waals surface area contributed by atoms with Gasteiger partial charge < -0.3 is 4.74 Å². The van der Waals surface area contributed by atoms with Gasteiger partial charge in [0.15, 0.2) is 0 Å². The van der Waals surface area contributed by atoms with Gasteiger partial charge in [-0.1, -0.05) is 35.9 Å². The lowest BCUT2D eigenvalue weighted by atomic mass is 9.94. The van der Waals surface area contributed by atoms with Crippen LogP contribution < -0.4 is 4.74 Å². The lowest BCUT2D eigenvalue weighted by molar-refractivity contribution is 0.414. The second-order valence-electron chi connectivity index (χ2n) is 4.99. The van der Waals surface area contributed by atoms with E-state index in [4.69, 9.17) is 27.9 Å². The van der Waals surface area contributed by atoms with Crippen LogP contribution in [0.4, 0.5) is 4.39 Å². The van der Waals surface area contributed by atoms with E-state index in [1.54, 1.807) is 13.2 Å². The second-order valence-corrected chi connectivity index (χ2v) is 5.68. The Morgan fingerprint density at radius 2 is 1.81 bits per heavy atom. The first-order valence-electron chi connectivity index (χ1n) is 6.75. The molecule has 0 aliphatic rings. The molecule has 0 spiro atoms. The minimum absolute atomic E-state index is 0.197. The molecule has 1 unspecified atom stereocenters. The highest BCUT2D eigenvalue weighted by molar-refractivity contribution is 6.31. The predicted octanol–water partition coefficient (Wildman–Crippen LogP) is 5.13. The monoisotopic (exact) mass is 326 g/mol. The number of hydrogen-bond acceptors (Lipinski definition) is 1. The van der Waals surface area contributed by atoms with E-state index in [0.29, 0.717) is 12.3 Å². The average molecular weight is 327 g/mol. The van der Waals surface area contributed by atoms with E-state index in [1.807, 2.05) is 30.3 Å². The number of ether oxygens (including phenoxy) is 1. The Hall–Kier alpha value is -1.25. The van der Waals surface area contributed by atoms with Gasteiger partial charge in [0.1, 0.15) is 11.6 Å². The average Bonchev–Trinajstić information content (AvgIpc) is 2.51. The summed E-state index contributed by atoms with van der Waals surface area (Å²) < 4.78 is 18.6. The third-order valence-electron chi connectivity index (χ3n) is 3.44. The molecule has 0 heterocycles. The van der Waals surface area contributed by atoms with Gasteiger partial charge >= 0.3 is 0 Å². The Labute approximate surface area is 134 Å². The summed E-state index contributed by atoms with van der Waals surface area (Å²) in [5.41, 5.74) is 1.98. The first-order valence-corrected chi connectivity index (χ1v) is 7.67.